The number of nitrogens with one attached hydrogen (secondary N) is 2. The van der Waals surface area contributed by atoms with Crippen molar-refractivity contribution in [2.24, 2.45) is 0 Å². The van der Waals surface area contributed by atoms with Crippen LogP contribution in [-0.4, -0.2) is 24.9 Å². The van der Waals surface area contributed by atoms with Gasteiger partial charge in [-0.25, -0.2) is 26.9 Å². The van der Waals surface area contributed by atoms with Crippen LogP contribution < -0.4 is 9.45 Å². The van der Waals surface area contributed by atoms with Crippen LogP contribution in [0, 0.1) is 16.8 Å². The molecule has 2 N–H and O–H groups in total. The van der Waals surface area contributed by atoms with Crippen molar-refractivity contribution in [1.29, 1.82) is 0 Å². The van der Waals surface area contributed by atoms with E-state index in [0.717, 1.165) is 12.1 Å². The minimum Gasteiger partial charge on any atom is -0.711 e. The minimum atomic E-state index is -3.88. The van der Waals surface area contributed by atoms with Crippen LogP contribution in [0.25, 0.3) is 22.2 Å². The molecule has 0 fully saturated rings. The Bertz CT molecular complexity index is 1520. The Morgan fingerprint density at radius 1 is 1.15 bits per heavy atom. The molecule has 176 valence electrons. The fourth-order valence-electron chi connectivity index (χ4n) is 3.59. The summed E-state index contributed by atoms with van der Waals surface area (Å²) in [6.07, 6.45) is 2.75. The maximum absolute atomic E-state index is 15.1. The molecule has 0 bridgehead atoms. The first-order valence-electron chi connectivity index (χ1n) is 10.1. The first-order chi connectivity index (χ1) is 16.1. The number of nitrogens with zero attached hydrogens (tertiary/aromatic N) is 1. The number of aromatic amines is 1. The number of fused-ring (bicyclic) bond motifs is 1. The summed E-state index contributed by atoms with van der Waals surface area (Å²) in [5.41, 5.74) is -0.524. The molecule has 0 aliphatic carbocycles. The third-order valence-electron chi connectivity index (χ3n) is 5.15. The van der Waals surface area contributed by atoms with Gasteiger partial charge in [0.2, 0.25) is 15.8 Å². The van der Waals surface area contributed by atoms with E-state index in [2.05, 4.69) is 4.98 Å². The molecule has 2 aromatic carbocycles. The van der Waals surface area contributed by atoms with Gasteiger partial charge in [-0.2, -0.15) is 0 Å². The Morgan fingerprint density at radius 3 is 2.53 bits per heavy atom. The molecule has 0 spiro atoms. The number of aromatic nitrogens is 2. The molecule has 2 aromatic heterocycles. The van der Waals surface area contributed by atoms with Crippen molar-refractivity contribution < 1.29 is 26.7 Å². The van der Waals surface area contributed by atoms with Crippen molar-refractivity contribution in [2.75, 3.05) is 10.5 Å². The summed E-state index contributed by atoms with van der Waals surface area (Å²) >= 11 is 5.91. The summed E-state index contributed by atoms with van der Waals surface area (Å²) < 4.78 is 56.4. The number of pyridine rings is 1. The van der Waals surface area contributed by atoms with Crippen LogP contribution >= 0.6 is 11.6 Å². The smallest absolute Gasteiger partial charge is 0.290 e. The number of benzene rings is 2. The predicted molar refractivity (Wildman–Crippen MR) is 125 cm³/mol. The second-order valence-corrected chi connectivity index (χ2v) is 9.84. The number of rotatable bonds is 7. The van der Waals surface area contributed by atoms with Crippen LogP contribution in [0.3, 0.4) is 0 Å². The highest BCUT2D eigenvalue weighted by Gasteiger charge is 2.27. The third kappa shape index (κ3) is 4.46. The van der Waals surface area contributed by atoms with Gasteiger partial charge in [-0.1, -0.05) is 30.7 Å². The van der Waals surface area contributed by atoms with E-state index < -0.39 is 38.7 Å². The van der Waals surface area contributed by atoms with Gasteiger partial charge in [0.15, 0.2) is 5.82 Å². The molecule has 0 saturated carbocycles. The van der Waals surface area contributed by atoms with Crippen LogP contribution in [-0.2, 0) is 10.0 Å². The SMILES string of the molecule is CCCS(=O)(=O)Nc1ccc(F)c(C(=O)c2c[nH]c3c2cc(-c2ccc(Cl)cc2)c[n+]3[O-])c1F. The second-order valence-electron chi connectivity index (χ2n) is 7.56. The molecule has 0 aliphatic rings. The normalized spacial score (nSPS) is 11.6. The number of hydrogen-bond acceptors (Lipinski definition) is 4. The zero-order valence-electron chi connectivity index (χ0n) is 17.7. The monoisotopic (exact) mass is 505 g/mol. The highest BCUT2D eigenvalue weighted by molar-refractivity contribution is 7.92. The number of ketones is 1. The van der Waals surface area contributed by atoms with Gasteiger partial charge in [-0.15, -0.1) is 0 Å². The number of carbonyl (C=O) groups excluding carboxylic acids is 1. The number of carbonyl (C=O) groups is 1. The molecule has 34 heavy (non-hydrogen) atoms. The van der Waals surface area contributed by atoms with Gasteiger partial charge >= 0.3 is 0 Å². The molecule has 0 atom stereocenters. The number of anilines is 1. The van der Waals surface area contributed by atoms with E-state index in [1.165, 1.54) is 12.4 Å². The molecule has 7 nitrogen and oxygen atoms in total. The molecule has 4 aromatic rings. The molecule has 2 heterocycles. The topological polar surface area (TPSA) is 106 Å². The van der Waals surface area contributed by atoms with Crippen LogP contribution in [0.1, 0.15) is 29.3 Å². The van der Waals surface area contributed by atoms with E-state index in [0.29, 0.717) is 20.9 Å². The van der Waals surface area contributed by atoms with E-state index in [-0.39, 0.29) is 28.8 Å². The Hall–Kier alpha value is -3.50. The van der Waals surface area contributed by atoms with Crippen LogP contribution in [0.5, 0.6) is 0 Å². The van der Waals surface area contributed by atoms with E-state index in [4.69, 9.17) is 11.6 Å². The lowest BCUT2D eigenvalue weighted by Crippen LogP contribution is -2.27. The molecule has 0 saturated heterocycles. The molecule has 0 unspecified atom stereocenters. The van der Waals surface area contributed by atoms with E-state index >= 15 is 4.39 Å². The fourth-order valence-corrected chi connectivity index (χ4v) is 4.84. The van der Waals surface area contributed by atoms with E-state index in [9.17, 15) is 22.8 Å². The van der Waals surface area contributed by atoms with Gasteiger partial charge in [0.1, 0.15) is 18.2 Å². The highest BCUT2D eigenvalue weighted by Crippen LogP contribution is 2.29. The molecular weight excluding hydrogens is 488 g/mol. The third-order valence-corrected chi connectivity index (χ3v) is 6.88. The largest absolute Gasteiger partial charge is 0.711 e. The maximum Gasteiger partial charge on any atom is 0.290 e. The van der Waals surface area contributed by atoms with Crippen molar-refractivity contribution in [3.8, 4) is 11.1 Å². The molecule has 11 heteroatoms. The van der Waals surface area contributed by atoms with Gasteiger partial charge in [-0.3, -0.25) is 9.52 Å². The molecular formula is C23H18ClF2N3O4S. The lowest BCUT2D eigenvalue weighted by molar-refractivity contribution is -0.578. The zero-order valence-corrected chi connectivity index (χ0v) is 19.3. The van der Waals surface area contributed by atoms with Crippen LogP contribution in [0.2, 0.25) is 5.02 Å². The first kappa shape index (κ1) is 23.7. The summed E-state index contributed by atoms with van der Waals surface area (Å²) in [7, 11) is -3.88. The maximum atomic E-state index is 15.1. The van der Waals surface area contributed by atoms with Gasteiger partial charge < -0.3 is 5.21 Å². The number of hydrogen-bond donors (Lipinski definition) is 2. The van der Waals surface area contributed by atoms with E-state index in [1.54, 1.807) is 37.3 Å². The Morgan fingerprint density at radius 2 is 1.85 bits per heavy atom. The first-order valence-corrected chi connectivity index (χ1v) is 12.2. The molecule has 0 amide bonds. The van der Waals surface area contributed by atoms with Crippen molar-refractivity contribution in [2.45, 2.75) is 13.3 Å². The van der Waals surface area contributed by atoms with Crippen LogP contribution in [0.15, 0.2) is 54.9 Å². The molecule has 0 aliphatic heterocycles. The van der Waals surface area contributed by atoms with Crippen LogP contribution in [0.4, 0.5) is 14.5 Å². The lowest BCUT2D eigenvalue weighted by atomic mass is 10.00. The van der Waals surface area contributed by atoms with E-state index in [1.807, 2.05) is 4.72 Å². The molecule has 4 rings (SSSR count). The number of halogens is 3. The number of sulfonamides is 1. The fraction of sp³-hybridized carbons (Fsp3) is 0.130. The summed E-state index contributed by atoms with van der Waals surface area (Å²) in [5.74, 6) is -3.83. The Balaban J connectivity index is 1.82. The quantitative estimate of drug-likeness (QED) is 0.214. The Kier molecular flexibility index (Phi) is 6.28. The van der Waals surface area contributed by atoms with Crippen molar-refractivity contribution in [3.05, 3.63) is 87.8 Å². The summed E-state index contributed by atoms with van der Waals surface area (Å²) in [5, 5.41) is 13.2. The van der Waals surface area contributed by atoms with Gasteiger partial charge in [0, 0.05) is 10.6 Å². The average Bonchev–Trinajstić information content (AvgIpc) is 3.21. The zero-order chi connectivity index (χ0) is 24.6. The average molecular weight is 506 g/mol. The minimum absolute atomic E-state index is 0.0154. The predicted octanol–water partition coefficient (Wildman–Crippen LogP) is 4.78. The second kappa shape index (κ2) is 9.03. The summed E-state index contributed by atoms with van der Waals surface area (Å²) in [4.78, 5) is 15.9. The van der Waals surface area contributed by atoms with Gasteiger partial charge in [0.05, 0.1) is 28.0 Å². The van der Waals surface area contributed by atoms with Gasteiger partial charge in [0.25, 0.3) is 5.65 Å². The summed E-state index contributed by atoms with van der Waals surface area (Å²) in [6.45, 7) is 1.63. The molecule has 0 radical (unpaired) electrons. The summed E-state index contributed by atoms with van der Waals surface area (Å²) in [6, 6.07) is 9.90. The van der Waals surface area contributed by atoms with Crippen molar-refractivity contribution >= 4 is 44.1 Å². The lowest BCUT2D eigenvalue weighted by Gasteiger charge is -2.11. The standard InChI is InChI=1S/C23H18ClF2N3O4S/c1-2-9-34(32,33)28-19-8-7-18(25)20(21(19)26)22(30)17-11-27-23-16(17)10-14(12-29(23)31)13-3-5-15(24)6-4-13/h3-8,10-12,27-28H,2,9H2,1H3. The Labute approximate surface area is 198 Å². The highest BCUT2D eigenvalue weighted by atomic mass is 35.5. The van der Waals surface area contributed by atoms with Crippen molar-refractivity contribution in [3.63, 3.8) is 0 Å². The number of H-pyrrole nitrogens is 1. The van der Waals surface area contributed by atoms with Gasteiger partial charge in [-0.05, 0) is 42.3 Å². The van der Waals surface area contributed by atoms with Crippen molar-refractivity contribution in [1.82, 2.24) is 4.98 Å².